The van der Waals surface area contributed by atoms with E-state index in [1.165, 1.54) is 44.6 Å². The zero-order valence-corrected chi connectivity index (χ0v) is 11.8. The summed E-state index contributed by atoms with van der Waals surface area (Å²) in [6.45, 7) is 0.699. The van der Waals surface area contributed by atoms with Gasteiger partial charge in [-0.15, -0.1) is 0 Å². The molecule has 3 rings (SSSR count). The van der Waals surface area contributed by atoms with Crippen molar-refractivity contribution in [3.8, 4) is 0 Å². The van der Waals surface area contributed by atoms with Gasteiger partial charge in [-0.2, -0.15) is 0 Å². The summed E-state index contributed by atoms with van der Waals surface area (Å²) in [5.41, 5.74) is 6.60. The first-order chi connectivity index (χ1) is 9.77. The van der Waals surface area contributed by atoms with Crippen molar-refractivity contribution in [1.29, 1.82) is 0 Å². The minimum Gasteiger partial charge on any atom is -0.370 e. The fraction of sp³-hybridized carbons (Fsp3) is 0.562. The molecule has 1 aliphatic heterocycles. The summed E-state index contributed by atoms with van der Waals surface area (Å²) < 4.78 is 14.1. The summed E-state index contributed by atoms with van der Waals surface area (Å²) in [6, 6.07) is 7.08. The highest BCUT2D eigenvalue weighted by molar-refractivity contribution is 5.97. The van der Waals surface area contributed by atoms with Crippen molar-refractivity contribution in [1.82, 2.24) is 0 Å². The van der Waals surface area contributed by atoms with Crippen LogP contribution < -0.4 is 10.6 Å². The maximum atomic E-state index is 14.1. The van der Waals surface area contributed by atoms with Gasteiger partial charge in [-0.1, -0.05) is 37.8 Å². The minimum atomic E-state index is -0.217. The largest absolute Gasteiger partial charge is 0.370 e. The van der Waals surface area contributed by atoms with Crippen LogP contribution in [0.5, 0.6) is 0 Å². The van der Waals surface area contributed by atoms with Crippen molar-refractivity contribution in [2.75, 3.05) is 11.4 Å². The zero-order valence-electron chi connectivity index (χ0n) is 11.8. The Balaban J connectivity index is 1.86. The third-order valence-corrected chi connectivity index (χ3v) is 4.57. The van der Waals surface area contributed by atoms with E-state index in [-0.39, 0.29) is 11.9 Å². The molecule has 0 saturated heterocycles. The standard InChI is InChI=1S/C16H22FN3/c17-13-9-5-6-10-14(13)20-15(11-19-16(20)18)12-7-3-1-2-4-8-12/h5-6,9-10,12,15H,1-4,7-8,11H2,(H2,18,19). The van der Waals surface area contributed by atoms with Crippen molar-refractivity contribution < 1.29 is 4.39 Å². The van der Waals surface area contributed by atoms with Gasteiger partial charge in [0.15, 0.2) is 5.96 Å². The van der Waals surface area contributed by atoms with Gasteiger partial charge in [0.1, 0.15) is 5.82 Å². The van der Waals surface area contributed by atoms with Gasteiger partial charge in [0, 0.05) is 0 Å². The number of hydrogen-bond acceptors (Lipinski definition) is 3. The van der Waals surface area contributed by atoms with Gasteiger partial charge in [-0.05, 0) is 30.9 Å². The Morgan fingerprint density at radius 2 is 1.80 bits per heavy atom. The third kappa shape index (κ3) is 2.51. The summed E-state index contributed by atoms with van der Waals surface area (Å²) in [6.07, 6.45) is 7.59. The lowest BCUT2D eigenvalue weighted by atomic mass is 9.91. The fourth-order valence-electron chi connectivity index (χ4n) is 3.52. The highest BCUT2D eigenvalue weighted by Gasteiger charge is 2.35. The molecule has 4 heteroatoms. The lowest BCUT2D eigenvalue weighted by Crippen LogP contribution is -2.45. The lowest BCUT2D eigenvalue weighted by molar-refractivity contribution is 0.387. The molecule has 2 aliphatic rings. The molecule has 0 radical (unpaired) electrons. The van der Waals surface area contributed by atoms with Crippen LogP contribution in [0.2, 0.25) is 0 Å². The monoisotopic (exact) mass is 275 g/mol. The Morgan fingerprint density at radius 3 is 2.50 bits per heavy atom. The molecule has 1 saturated carbocycles. The van der Waals surface area contributed by atoms with Crippen LogP contribution in [0.4, 0.5) is 10.1 Å². The second kappa shape index (κ2) is 5.81. The van der Waals surface area contributed by atoms with Gasteiger partial charge in [0.2, 0.25) is 0 Å². The lowest BCUT2D eigenvalue weighted by Gasteiger charge is -2.32. The van der Waals surface area contributed by atoms with Gasteiger partial charge < -0.3 is 10.6 Å². The highest BCUT2D eigenvalue weighted by atomic mass is 19.1. The Hall–Kier alpha value is -1.58. The molecule has 1 unspecified atom stereocenters. The number of anilines is 1. The first-order valence-corrected chi connectivity index (χ1v) is 7.61. The van der Waals surface area contributed by atoms with Crippen LogP contribution in [0, 0.1) is 11.7 Å². The fourth-order valence-corrected chi connectivity index (χ4v) is 3.52. The first-order valence-electron chi connectivity index (χ1n) is 7.61. The molecular weight excluding hydrogens is 253 g/mol. The molecular formula is C16H22FN3. The van der Waals surface area contributed by atoms with Crippen molar-refractivity contribution >= 4 is 11.6 Å². The topological polar surface area (TPSA) is 41.6 Å². The Labute approximate surface area is 119 Å². The molecule has 1 fully saturated rings. The van der Waals surface area contributed by atoms with E-state index in [1.54, 1.807) is 12.1 Å². The molecule has 0 bridgehead atoms. The molecule has 1 heterocycles. The molecule has 1 aromatic carbocycles. The average molecular weight is 275 g/mol. The van der Waals surface area contributed by atoms with E-state index in [0.717, 1.165) is 0 Å². The number of para-hydroxylation sites is 1. The molecule has 1 aromatic rings. The van der Waals surface area contributed by atoms with Gasteiger partial charge in [-0.3, -0.25) is 4.99 Å². The van der Waals surface area contributed by atoms with Crippen LogP contribution in [-0.2, 0) is 0 Å². The summed E-state index contributed by atoms with van der Waals surface area (Å²) in [5.74, 6) is 0.817. The van der Waals surface area contributed by atoms with E-state index >= 15 is 0 Å². The van der Waals surface area contributed by atoms with Crippen LogP contribution in [0.1, 0.15) is 38.5 Å². The number of aliphatic imine (C=N–C) groups is 1. The van der Waals surface area contributed by atoms with Crippen LogP contribution in [0.25, 0.3) is 0 Å². The smallest absolute Gasteiger partial charge is 0.196 e. The second-order valence-corrected chi connectivity index (χ2v) is 5.84. The van der Waals surface area contributed by atoms with E-state index in [4.69, 9.17) is 5.73 Å². The number of hydrogen-bond donors (Lipinski definition) is 1. The van der Waals surface area contributed by atoms with Crippen molar-refractivity contribution in [2.24, 2.45) is 16.6 Å². The number of guanidine groups is 1. The second-order valence-electron chi connectivity index (χ2n) is 5.84. The summed E-state index contributed by atoms with van der Waals surface area (Å²) >= 11 is 0. The van der Waals surface area contributed by atoms with Crippen LogP contribution >= 0.6 is 0 Å². The molecule has 1 atom stereocenters. The summed E-state index contributed by atoms with van der Waals surface area (Å²) in [5, 5.41) is 0. The van der Waals surface area contributed by atoms with Gasteiger partial charge in [0.05, 0.1) is 18.3 Å². The zero-order chi connectivity index (χ0) is 13.9. The number of halogens is 1. The van der Waals surface area contributed by atoms with Crippen LogP contribution in [0.3, 0.4) is 0 Å². The predicted octanol–water partition coefficient (Wildman–Crippen LogP) is 3.30. The SMILES string of the molecule is NC1=NCC(C2CCCCCC2)N1c1ccccc1F. The quantitative estimate of drug-likeness (QED) is 0.841. The maximum absolute atomic E-state index is 14.1. The van der Waals surface area contributed by atoms with E-state index in [9.17, 15) is 4.39 Å². The molecule has 108 valence electrons. The molecule has 3 nitrogen and oxygen atoms in total. The number of benzene rings is 1. The third-order valence-electron chi connectivity index (χ3n) is 4.57. The minimum absolute atomic E-state index is 0.217. The van der Waals surface area contributed by atoms with Crippen molar-refractivity contribution in [2.45, 2.75) is 44.6 Å². The first kappa shape index (κ1) is 13.4. The van der Waals surface area contributed by atoms with Crippen LogP contribution in [0.15, 0.2) is 29.3 Å². The van der Waals surface area contributed by atoms with Gasteiger partial charge >= 0.3 is 0 Å². The molecule has 20 heavy (non-hydrogen) atoms. The molecule has 0 amide bonds. The van der Waals surface area contributed by atoms with Gasteiger partial charge in [-0.25, -0.2) is 4.39 Å². The molecule has 0 spiro atoms. The molecule has 0 aromatic heterocycles. The average Bonchev–Trinajstić information content (AvgIpc) is 2.67. The van der Waals surface area contributed by atoms with E-state index in [0.29, 0.717) is 24.1 Å². The van der Waals surface area contributed by atoms with Crippen molar-refractivity contribution in [3.05, 3.63) is 30.1 Å². The number of nitrogens with zero attached hydrogens (tertiary/aromatic N) is 2. The Bertz CT molecular complexity index is 492. The van der Waals surface area contributed by atoms with Crippen molar-refractivity contribution in [3.63, 3.8) is 0 Å². The Kier molecular flexibility index (Phi) is 3.90. The number of nitrogens with two attached hydrogens (primary N) is 1. The van der Waals surface area contributed by atoms with Gasteiger partial charge in [0.25, 0.3) is 0 Å². The highest BCUT2D eigenvalue weighted by Crippen LogP contribution is 2.33. The molecule has 1 aliphatic carbocycles. The van der Waals surface area contributed by atoms with Crippen LogP contribution in [-0.4, -0.2) is 18.5 Å². The maximum Gasteiger partial charge on any atom is 0.196 e. The van der Waals surface area contributed by atoms with E-state index < -0.39 is 0 Å². The Morgan fingerprint density at radius 1 is 1.10 bits per heavy atom. The van der Waals surface area contributed by atoms with E-state index in [2.05, 4.69) is 4.99 Å². The normalized spacial score (nSPS) is 24.6. The summed E-state index contributed by atoms with van der Waals surface area (Å²) in [7, 11) is 0. The summed E-state index contributed by atoms with van der Waals surface area (Å²) in [4.78, 5) is 6.30. The van der Waals surface area contributed by atoms with E-state index in [1.807, 2.05) is 11.0 Å². The predicted molar refractivity (Wildman–Crippen MR) is 80.3 cm³/mol. The molecule has 2 N–H and O–H groups in total. The number of rotatable bonds is 2.